The van der Waals surface area contributed by atoms with Crippen molar-refractivity contribution < 1.29 is 9.59 Å². The van der Waals surface area contributed by atoms with Gasteiger partial charge >= 0.3 is 0 Å². The Balaban J connectivity index is 2.55. The minimum absolute atomic E-state index is 0.00666. The standard InChI is InChI=1S/C19H31N5O2/c1-5-11-21-17(25)14-23-19(20-6-2)22-12-10-15-8-7-9-16(13-15)18(26)24(3)4/h7-9,13H,5-6,10-12,14H2,1-4H3,(H,21,25)(H2,20,22,23). The van der Waals surface area contributed by atoms with Crippen molar-refractivity contribution in [2.24, 2.45) is 4.99 Å². The summed E-state index contributed by atoms with van der Waals surface area (Å²) in [5.41, 5.74) is 1.75. The predicted molar refractivity (Wildman–Crippen MR) is 105 cm³/mol. The van der Waals surface area contributed by atoms with Gasteiger partial charge in [0.2, 0.25) is 5.91 Å². The summed E-state index contributed by atoms with van der Waals surface area (Å²) in [6, 6.07) is 7.62. The zero-order chi connectivity index (χ0) is 19.4. The smallest absolute Gasteiger partial charge is 0.253 e. The molecule has 0 aliphatic heterocycles. The number of rotatable bonds is 9. The Morgan fingerprint density at radius 3 is 2.50 bits per heavy atom. The topological polar surface area (TPSA) is 85.8 Å². The third-order valence-electron chi connectivity index (χ3n) is 3.58. The fourth-order valence-electron chi connectivity index (χ4n) is 2.26. The third kappa shape index (κ3) is 8.00. The van der Waals surface area contributed by atoms with Gasteiger partial charge in [-0.1, -0.05) is 19.1 Å². The molecule has 0 aliphatic carbocycles. The Kier molecular flexibility index (Phi) is 9.82. The zero-order valence-corrected chi connectivity index (χ0v) is 16.3. The van der Waals surface area contributed by atoms with Crippen LogP contribution < -0.4 is 16.0 Å². The first kappa shape index (κ1) is 21.5. The molecule has 0 bridgehead atoms. The van der Waals surface area contributed by atoms with Crippen LogP contribution >= 0.6 is 0 Å². The number of carbonyl (C=O) groups is 2. The van der Waals surface area contributed by atoms with E-state index in [1.807, 2.05) is 38.1 Å². The van der Waals surface area contributed by atoms with Gasteiger partial charge in [0.25, 0.3) is 5.91 Å². The highest BCUT2D eigenvalue weighted by Crippen LogP contribution is 2.07. The normalized spacial score (nSPS) is 11.0. The lowest BCUT2D eigenvalue weighted by Gasteiger charge is -2.13. The average Bonchev–Trinajstić information content (AvgIpc) is 2.63. The van der Waals surface area contributed by atoms with Crippen LogP contribution in [0.25, 0.3) is 0 Å². The summed E-state index contributed by atoms with van der Waals surface area (Å²) in [5.74, 6) is 0.520. The molecular weight excluding hydrogens is 330 g/mol. The SMILES string of the molecule is CCCNC(=O)CN=C(NCC)NCCc1cccc(C(=O)N(C)C)c1. The molecule has 0 saturated carbocycles. The monoisotopic (exact) mass is 361 g/mol. The summed E-state index contributed by atoms with van der Waals surface area (Å²) in [6.45, 7) is 6.13. The Morgan fingerprint density at radius 1 is 1.08 bits per heavy atom. The van der Waals surface area contributed by atoms with Crippen molar-refractivity contribution in [3.05, 3.63) is 35.4 Å². The molecule has 0 aromatic heterocycles. The van der Waals surface area contributed by atoms with E-state index < -0.39 is 0 Å². The van der Waals surface area contributed by atoms with Crippen LogP contribution in [-0.4, -0.2) is 62.9 Å². The van der Waals surface area contributed by atoms with Gasteiger partial charge in [-0.3, -0.25) is 9.59 Å². The molecule has 2 amide bonds. The van der Waals surface area contributed by atoms with Crippen LogP contribution in [0.15, 0.2) is 29.3 Å². The van der Waals surface area contributed by atoms with E-state index in [1.54, 1.807) is 19.0 Å². The second-order valence-corrected chi connectivity index (χ2v) is 6.12. The summed E-state index contributed by atoms with van der Waals surface area (Å²) >= 11 is 0. The van der Waals surface area contributed by atoms with Crippen LogP contribution in [0.3, 0.4) is 0 Å². The molecule has 0 saturated heterocycles. The Hall–Kier alpha value is -2.57. The quantitative estimate of drug-likeness (QED) is 0.453. The minimum Gasteiger partial charge on any atom is -0.357 e. The first-order valence-electron chi connectivity index (χ1n) is 9.07. The summed E-state index contributed by atoms with van der Waals surface area (Å²) < 4.78 is 0. The second kappa shape index (κ2) is 11.9. The molecule has 0 atom stereocenters. The summed E-state index contributed by atoms with van der Waals surface area (Å²) in [5, 5.41) is 9.14. The van der Waals surface area contributed by atoms with E-state index in [0.717, 1.165) is 24.9 Å². The molecule has 7 nitrogen and oxygen atoms in total. The van der Waals surface area contributed by atoms with Gasteiger partial charge in [-0.25, -0.2) is 4.99 Å². The first-order chi connectivity index (χ1) is 12.5. The predicted octanol–water partition coefficient (Wildman–Crippen LogP) is 1.01. The van der Waals surface area contributed by atoms with Gasteiger partial charge in [-0.05, 0) is 37.5 Å². The molecule has 26 heavy (non-hydrogen) atoms. The zero-order valence-electron chi connectivity index (χ0n) is 16.3. The number of amides is 2. The number of carbonyl (C=O) groups excluding carboxylic acids is 2. The lowest BCUT2D eigenvalue weighted by atomic mass is 10.1. The molecule has 0 unspecified atom stereocenters. The maximum absolute atomic E-state index is 12.0. The van der Waals surface area contributed by atoms with E-state index in [-0.39, 0.29) is 18.4 Å². The van der Waals surface area contributed by atoms with Gasteiger partial charge in [-0.15, -0.1) is 0 Å². The number of hydrogen-bond donors (Lipinski definition) is 3. The number of hydrogen-bond acceptors (Lipinski definition) is 3. The maximum atomic E-state index is 12.0. The van der Waals surface area contributed by atoms with Crippen LogP contribution in [0.2, 0.25) is 0 Å². The number of nitrogens with zero attached hydrogens (tertiary/aromatic N) is 2. The highest BCUT2D eigenvalue weighted by molar-refractivity contribution is 5.94. The van der Waals surface area contributed by atoms with Crippen LogP contribution in [0, 0.1) is 0 Å². The van der Waals surface area contributed by atoms with Crippen molar-refractivity contribution in [1.82, 2.24) is 20.9 Å². The molecule has 0 radical (unpaired) electrons. The molecule has 144 valence electrons. The van der Waals surface area contributed by atoms with E-state index in [1.165, 1.54) is 0 Å². The molecule has 1 aromatic carbocycles. The summed E-state index contributed by atoms with van der Waals surface area (Å²) in [4.78, 5) is 29.5. The largest absolute Gasteiger partial charge is 0.357 e. The van der Waals surface area contributed by atoms with E-state index in [2.05, 4.69) is 20.9 Å². The fraction of sp³-hybridized carbons (Fsp3) is 0.526. The van der Waals surface area contributed by atoms with Crippen LogP contribution in [0.4, 0.5) is 0 Å². The van der Waals surface area contributed by atoms with E-state index in [0.29, 0.717) is 24.6 Å². The second-order valence-electron chi connectivity index (χ2n) is 6.12. The lowest BCUT2D eigenvalue weighted by molar-refractivity contribution is -0.119. The van der Waals surface area contributed by atoms with Gasteiger partial charge in [0, 0.05) is 39.3 Å². The van der Waals surface area contributed by atoms with Gasteiger partial charge in [0.1, 0.15) is 6.54 Å². The van der Waals surface area contributed by atoms with Crippen LogP contribution in [0.1, 0.15) is 36.2 Å². The Bertz CT molecular complexity index is 614. The highest BCUT2D eigenvalue weighted by atomic mass is 16.2. The molecule has 1 aromatic rings. The molecule has 0 aliphatic rings. The minimum atomic E-state index is -0.0843. The number of nitrogens with one attached hydrogen (secondary N) is 3. The molecule has 0 heterocycles. The van der Waals surface area contributed by atoms with Gasteiger partial charge in [0.05, 0.1) is 0 Å². The van der Waals surface area contributed by atoms with Crippen molar-refractivity contribution in [2.45, 2.75) is 26.7 Å². The number of benzene rings is 1. The van der Waals surface area contributed by atoms with E-state index in [9.17, 15) is 9.59 Å². The molecule has 0 spiro atoms. The number of guanidine groups is 1. The Morgan fingerprint density at radius 2 is 1.85 bits per heavy atom. The third-order valence-corrected chi connectivity index (χ3v) is 3.58. The molecule has 0 fully saturated rings. The highest BCUT2D eigenvalue weighted by Gasteiger charge is 2.08. The fourth-order valence-corrected chi connectivity index (χ4v) is 2.26. The molecule has 1 rings (SSSR count). The van der Waals surface area contributed by atoms with Crippen molar-refractivity contribution >= 4 is 17.8 Å². The van der Waals surface area contributed by atoms with Crippen molar-refractivity contribution in [3.8, 4) is 0 Å². The first-order valence-corrected chi connectivity index (χ1v) is 9.07. The summed E-state index contributed by atoms with van der Waals surface area (Å²) in [7, 11) is 3.48. The molecule has 7 heteroatoms. The van der Waals surface area contributed by atoms with Crippen molar-refractivity contribution in [1.29, 1.82) is 0 Å². The Labute approximate surface area is 156 Å². The number of aliphatic imine (C=N–C) groups is 1. The van der Waals surface area contributed by atoms with E-state index >= 15 is 0 Å². The van der Waals surface area contributed by atoms with Crippen LogP contribution in [-0.2, 0) is 11.2 Å². The van der Waals surface area contributed by atoms with Gasteiger partial charge in [0.15, 0.2) is 5.96 Å². The summed E-state index contributed by atoms with van der Waals surface area (Å²) in [6.07, 6.45) is 1.66. The molecular formula is C19H31N5O2. The molecule has 3 N–H and O–H groups in total. The lowest BCUT2D eigenvalue weighted by Crippen LogP contribution is -2.39. The maximum Gasteiger partial charge on any atom is 0.253 e. The average molecular weight is 361 g/mol. The van der Waals surface area contributed by atoms with Gasteiger partial charge < -0.3 is 20.9 Å². The van der Waals surface area contributed by atoms with Crippen molar-refractivity contribution in [2.75, 3.05) is 40.3 Å². The van der Waals surface area contributed by atoms with Gasteiger partial charge in [-0.2, -0.15) is 0 Å². The van der Waals surface area contributed by atoms with E-state index in [4.69, 9.17) is 0 Å². The van der Waals surface area contributed by atoms with Crippen LogP contribution in [0.5, 0.6) is 0 Å². The van der Waals surface area contributed by atoms with Crippen molar-refractivity contribution in [3.63, 3.8) is 0 Å².